The maximum Gasteiger partial charge on any atom is 0.408 e. The van der Waals surface area contributed by atoms with Gasteiger partial charge in [0.2, 0.25) is 17.7 Å². The summed E-state index contributed by atoms with van der Waals surface area (Å²) in [7, 11) is 1.25. The Morgan fingerprint density at radius 3 is 1.60 bits per heavy atom. The van der Waals surface area contributed by atoms with Crippen LogP contribution >= 0.6 is 0 Å². The summed E-state index contributed by atoms with van der Waals surface area (Å²) in [5, 5.41) is 22.8. The highest BCUT2D eigenvalue weighted by Gasteiger charge is 2.34. The molecule has 0 aliphatic carbocycles. The van der Waals surface area contributed by atoms with E-state index in [1.165, 1.54) is 14.0 Å². The Hall–Kier alpha value is -5.23. The van der Waals surface area contributed by atoms with Crippen molar-refractivity contribution in [1.29, 1.82) is 0 Å². The van der Waals surface area contributed by atoms with E-state index in [0.29, 0.717) is 0 Å². The van der Waals surface area contributed by atoms with Gasteiger partial charge in [-0.1, -0.05) is 119 Å². The lowest BCUT2D eigenvalue weighted by Crippen LogP contribution is -2.56. The van der Waals surface area contributed by atoms with Crippen LogP contribution in [0.5, 0.6) is 0 Å². The minimum atomic E-state index is -1.22. The van der Waals surface area contributed by atoms with Crippen molar-refractivity contribution in [2.45, 2.75) is 90.8 Å². The van der Waals surface area contributed by atoms with Gasteiger partial charge in [0.05, 0.1) is 19.3 Å². The van der Waals surface area contributed by atoms with Gasteiger partial charge in [0.25, 0.3) is 0 Å². The minimum absolute atomic E-state index is 0.0319. The van der Waals surface area contributed by atoms with Gasteiger partial charge in [-0.15, -0.1) is 0 Å². The molecule has 3 aromatic carbocycles. The highest BCUT2D eigenvalue weighted by molar-refractivity contribution is 5.91. The first-order valence-corrected chi connectivity index (χ1v) is 18.0. The maximum absolute atomic E-state index is 14.1. The van der Waals surface area contributed by atoms with E-state index in [0.717, 1.165) is 16.7 Å². The first kappa shape index (κ1) is 42.2. The highest BCUT2D eigenvalue weighted by atomic mass is 16.5. The number of methoxy groups -OCH3 is 1. The monoisotopic (exact) mass is 730 g/mol. The smallest absolute Gasteiger partial charge is 0.408 e. The molecule has 4 unspecified atom stereocenters. The summed E-state index contributed by atoms with van der Waals surface area (Å²) in [4.78, 5) is 65.8. The van der Waals surface area contributed by atoms with Crippen molar-refractivity contribution in [3.05, 3.63) is 108 Å². The molecule has 0 heterocycles. The maximum atomic E-state index is 14.1. The number of ether oxygens (including phenoxy) is 2. The van der Waals surface area contributed by atoms with Gasteiger partial charge in [0, 0.05) is 5.92 Å². The summed E-state index contributed by atoms with van der Waals surface area (Å²) < 4.78 is 10.1. The average Bonchev–Trinajstić information content (AvgIpc) is 3.14. The number of nitrogens with one attached hydrogen (secondary N) is 4. The molecule has 0 aliphatic rings. The quantitative estimate of drug-likeness (QED) is 0.115. The predicted octanol–water partition coefficient (Wildman–Crippen LogP) is 4.09. The topological polar surface area (TPSA) is 172 Å². The van der Waals surface area contributed by atoms with Crippen LogP contribution in [-0.2, 0) is 48.1 Å². The standard InChI is InChI=1S/C41H54N4O8/c1-26(2)35(39(49)45-36(27(3)4)40(50)52-6)44-38(48)32(22-29-16-10-7-11-17-29)24-34(46)33(23-30-18-12-8-13-19-30)43-37(47)28(5)42-41(51)53-25-31-20-14-9-15-21-31/h7-21,26-28,32-36,46H,22-25H2,1-6H3,(H,42,51)(H,43,47)(H,44,48)(H,45,49)/t28-,32?,33?,34?,35?,36-/m0/s1. The lowest BCUT2D eigenvalue weighted by atomic mass is 9.88. The van der Waals surface area contributed by atoms with Crippen LogP contribution in [0, 0.1) is 17.8 Å². The Morgan fingerprint density at radius 2 is 1.09 bits per heavy atom. The van der Waals surface area contributed by atoms with E-state index >= 15 is 0 Å². The number of carbonyl (C=O) groups is 5. The molecule has 3 aromatic rings. The molecule has 12 heteroatoms. The zero-order chi connectivity index (χ0) is 38.9. The van der Waals surface area contributed by atoms with Crippen molar-refractivity contribution in [1.82, 2.24) is 21.3 Å². The largest absolute Gasteiger partial charge is 0.467 e. The van der Waals surface area contributed by atoms with Crippen LogP contribution in [0.2, 0.25) is 0 Å². The van der Waals surface area contributed by atoms with Crippen LogP contribution in [0.3, 0.4) is 0 Å². The van der Waals surface area contributed by atoms with E-state index in [1.807, 2.05) is 91.0 Å². The molecule has 0 spiro atoms. The molecule has 4 amide bonds. The molecule has 286 valence electrons. The Balaban J connectivity index is 1.80. The minimum Gasteiger partial charge on any atom is -0.467 e. The Labute approximate surface area is 312 Å². The fourth-order valence-electron chi connectivity index (χ4n) is 5.78. The number of aliphatic hydroxyl groups excluding tert-OH is 1. The number of rotatable bonds is 19. The molecule has 0 saturated carbocycles. The van der Waals surface area contributed by atoms with Gasteiger partial charge in [-0.3, -0.25) is 14.4 Å². The summed E-state index contributed by atoms with van der Waals surface area (Å²) in [6.07, 6.45) is -1.58. The second-order valence-corrected chi connectivity index (χ2v) is 13.9. The lowest BCUT2D eigenvalue weighted by molar-refractivity contribution is -0.147. The molecule has 12 nitrogen and oxygen atoms in total. The molecule has 0 aliphatic heterocycles. The van der Waals surface area contributed by atoms with Crippen LogP contribution in [0.4, 0.5) is 4.79 Å². The van der Waals surface area contributed by atoms with Crippen molar-refractivity contribution < 1.29 is 38.6 Å². The fraction of sp³-hybridized carbons (Fsp3) is 0.439. The zero-order valence-corrected chi connectivity index (χ0v) is 31.4. The van der Waals surface area contributed by atoms with Crippen LogP contribution < -0.4 is 21.3 Å². The number of esters is 1. The van der Waals surface area contributed by atoms with Crippen molar-refractivity contribution in [2.24, 2.45) is 17.8 Å². The molecule has 0 fully saturated rings. The molecule has 0 radical (unpaired) electrons. The molecular weight excluding hydrogens is 676 g/mol. The van der Waals surface area contributed by atoms with Crippen LogP contribution in [0.25, 0.3) is 0 Å². The van der Waals surface area contributed by atoms with E-state index in [4.69, 9.17) is 9.47 Å². The van der Waals surface area contributed by atoms with Crippen molar-refractivity contribution in [2.75, 3.05) is 7.11 Å². The number of alkyl carbamates (subject to hydrolysis) is 1. The van der Waals surface area contributed by atoms with E-state index in [1.54, 1.807) is 27.7 Å². The molecular formula is C41H54N4O8. The van der Waals surface area contributed by atoms with Crippen molar-refractivity contribution in [3.8, 4) is 0 Å². The molecule has 53 heavy (non-hydrogen) atoms. The summed E-state index contributed by atoms with van der Waals surface area (Å²) in [6, 6.07) is 24.0. The molecule has 0 saturated heterocycles. The molecule has 5 N–H and O–H groups in total. The van der Waals surface area contributed by atoms with Gasteiger partial charge in [-0.05, 0) is 54.7 Å². The Kier molecular flexibility index (Phi) is 17.0. The summed E-state index contributed by atoms with van der Waals surface area (Å²) in [5.41, 5.74) is 2.47. The number of hydrogen-bond donors (Lipinski definition) is 5. The normalized spacial score (nSPS) is 14.5. The second kappa shape index (κ2) is 21.3. The molecule has 6 atom stereocenters. The third kappa shape index (κ3) is 14.0. The van der Waals surface area contributed by atoms with Gasteiger partial charge < -0.3 is 35.8 Å². The van der Waals surface area contributed by atoms with Gasteiger partial charge in [-0.25, -0.2) is 9.59 Å². The van der Waals surface area contributed by atoms with E-state index in [9.17, 15) is 29.1 Å². The van der Waals surface area contributed by atoms with Gasteiger partial charge >= 0.3 is 12.1 Å². The van der Waals surface area contributed by atoms with Gasteiger partial charge in [-0.2, -0.15) is 0 Å². The van der Waals surface area contributed by atoms with Gasteiger partial charge in [0.1, 0.15) is 24.7 Å². The van der Waals surface area contributed by atoms with E-state index < -0.39 is 66.0 Å². The number of aliphatic hydroxyl groups is 1. The third-order valence-electron chi connectivity index (χ3n) is 8.92. The van der Waals surface area contributed by atoms with Crippen LogP contribution in [0.15, 0.2) is 91.0 Å². The van der Waals surface area contributed by atoms with Gasteiger partial charge in [0.15, 0.2) is 0 Å². The predicted molar refractivity (Wildman–Crippen MR) is 201 cm³/mol. The Morgan fingerprint density at radius 1 is 0.604 bits per heavy atom. The van der Waals surface area contributed by atoms with Crippen LogP contribution in [-0.4, -0.2) is 72.3 Å². The third-order valence-corrected chi connectivity index (χ3v) is 8.92. The SMILES string of the molecule is COC(=O)[C@@H](NC(=O)C(NC(=O)C(Cc1ccccc1)CC(O)C(Cc1ccccc1)NC(=O)[C@H](C)NC(=O)OCc1ccccc1)C(C)C)C(C)C. The van der Waals surface area contributed by atoms with E-state index in [-0.39, 0.29) is 37.7 Å². The number of amides is 4. The number of benzene rings is 3. The average molecular weight is 731 g/mol. The zero-order valence-electron chi connectivity index (χ0n) is 31.4. The van der Waals surface area contributed by atoms with Crippen molar-refractivity contribution in [3.63, 3.8) is 0 Å². The Bertz CT molecular complexity index is 1600. The molecule has 0 bridgehead atoms. The van der Waals surface area contributed by atoms with Crippen molar-refractivity contribution >= 4 is 29.8 Å². The highest BCUT2D eigenvalue weighted by Crippen LogP contribution is 2.20. The lowest BCUT2D eigenvalue weighted by Gasteiger charge is -2.30. The number of carbonyl (C=O) groups excluding carboxylic acids is 5. The summed E-state index contributed by atoms with van der Waals surface area (Å²) >= 11 is 0. The number of hydrogen-bond acceptors (Lipinski definition) is 8. The fourth-order valence-corrected chi connectivity index (χ4v) is 5.78. The first-order chi connectivity index (χ1) is 25.3. The summed E-state index contributed by atoms with van der Waals surface area (Å²) in [5.74, 6) is -3.56. The molecule has 3 rings (SSSR count). The van der Waals surface area contributed by atoms with Crippen LogP contribution in [0.1, 0.15) is 57.7 Å². The summed E-state index contributed by atoms with van der Waals surface area (Å²) in [6.45, 7) is 8.67. The second-order valence-electron chi connectivity index (χ2n) is 13.9. The first-order valence-electron chi connectivity index (χ1n) is 18.0. The molecule has 0 aromatic heterocycles. The van der Waals surface area contributed by atoms with E-state index in [2.05, 4.69) is 21.3 Å².